The summed E-state index contributed by atoms with van der Waals surface area (Å²) in [7, 11) is 0. The average molecular weight is 322 g/mol. The molecule has 24 heavy (non-hydrogen) atoms. The Morgan fingerprint density at radius 2 is 1.58 bits per heavy atom. The maximum Gasteiger partial charge on any atom is 0.338 e. The molecule has 0 unspecified atom stereocenters. The smallest absolute Gasteiger partial charge is 0.338 e. The van der Waals surface area contributed by atoms with Gasteiger partial charge in [-0.3, -0.25) is 0 Å². The molecule has 0 N–H and O–H groups in total. The molecule has 0 atom stereocenters. The van der Waals surface area contributed by atoms with Crippen molar-refractivity contribution in [3.8, 4) is 23.3 Å². The van der Waals surface area contributed by atoms with Gasteiger partial charge in [-0.15, -0.1) is 0 Å². The van der Waals surface area contributed by atoms with Crippen LogP contribution in [0.4, 0.5) is 0 Å². The number of nitrogens with zero attached hydrogens (tertiary/aromatic N) is 2. The average Bonchev–Trinajstić information content (AvgIpc) is 2.85. The molecule has 0 radical (unpaired) electrons. The normalized spacial score (nSPS) is 9.83. The Kier molecular flexibility index (Phi) is 5.13. The van der Waals surface area contributed by atoms with E-state index in [1.54, 1.807) is 13.8 Å². The fourth-order valence-corrected chi connectivity index (χ4v) is 2.39. The van der Waals surface area contributed by atoms with Crippen LogP contribution in [0.15, 0.2) is 24.3 Å². The first-order valence-corrected chi connectivity index (χ1v) is 7.32. The molecular formula is C18H14N2O4. The van der Waals surface area contributed by atoms with E-state index in [0.29, 0.717) is 5.56 Å². The molecule has 0 aromatic rings. The summed E-state index contributed by atoms with van der Waals surface area (Å²) in [5, 5.41) is 18.5. The molecule has 120 valence electrons. The summed E-state index contributed by atoms with van der Waals surface area (Å²) in [6.45, 7) is 3.66. The Morgan fingerprint density at radius 3 is 2.12 bits per heavy atom. The summed E-state index contributed by atoms with van der Waals surface area (Å²) >= 11 is 0. The van der Waals surface area contributed by atoms with Gasteiger partial charge in [-0.05, 0) is 37.6 Å². The van der Waals surface area contributed by atoms with Crippen molar-refractivity contribution >= 4 is 11.9 Å². The molecule has 2 rings (SSSR count). The summed E-state index contributed by atoms with van der Waals surface area (Å²) in [6.07, 6.45) is 0. The van der Waals surface area contributed by atoms with E-state index in [0.717, 1.165) is 0 Å². The van der Waals surface area contributed by atoms with E-state index in [1.807, 2.05) is 12.1 Å². The number of ether oxygens (including phenoxy) is 2. The van der Waals surface area contributed by atoms with Crippen molar-refractivity contribution in [2.75, 3.05) is 13.2 Å². The Hall–Kier alpha value is -3.38. The molecule has 6 heteroatoms. The third kappa shape index (κ3) is 3.04. The number of carbonyl (C=O) groups excluding carboxylic acids is 2. The van der Waals surface area contributed by atoms with Gasteiger partial charge < -0.3 is 9.47 Å². The lowest BCUT2D eigenvalue weighted by Gasteiger charge is -2.04. The van der Waals surface area contributed by atoms with Crippen molar-refractivity contribution in [1.29, 1.82) is 10.5 Å². The molecule has 0 aliphatic heterocycles. The van der Waals surface area contributed by atoms with Gasteiger partial charge >= 0.3 is 11.9 Å². The fraction of sp³-hybridized carbons (Fsp3) is 0.222. The largest absolute Gasteiger partial charge is 0.462 e. The van der Waals surface area contributed by atoms with Gasteiger partial charge in [0.1, 0.15) is 0 Å². The first kappa shape index (κ1) is 17.0. The van der Waals surface area contributed by atoms with Crippen LogP contribution in [-0.2, 0) is 9.47 Å². The van der Waals surface area contributed by atoms with Crippen molar-refractivity contribution < 1.29 is 19.1 Å². The first-order valence-electron chi connectivity index (χ1n) is 7.32. The summed E-state index contributed by atoms with van der Waals surface area (Å²) < 4.78 is 10.0. The summed E-state index contributed by atoms with van der Waals surface area (Å²) in [5.41, 5.74) is 1.27. The second-order valence-corrected chi connectivity index (χ2v) is 4.77. The second-order valence-electron chi connectivity index (χ2n) is 4.77. The molecule has 0 aromatic heterocycles. The van der Waals surface area contributed by atoms with Gasteiger partial charge in [0.2, 0.25) is 0 Å². The third-order valence-corrected chi connectivity index (χ3v) is 3.36. The Morgan fingerprint density at radius 1 is 0.958 bits per heavy atom. The molecule has 2 aliphatic rings. The van der Waals surface area contributed by atoms with E-state index in [1.165, 1.54) is 24.3 Å². The van der Waals surface area contributed by atoms with Gasteiger partial charge in [-0.1, -0.05) is 6.07 Å². The number of fused-ring (bicyclic) bond motifs is 1. The lowest BCUT2D eigenvalue weighted by molar-refractivity contribution is 0.0525. The van der Waals surface area contributed by atoms with Crippen molar-refractivity contribution in [2.24, 2.45) is 0 Å². The zero-order chi connectivity index (χ0) is 17.7. The molecule has 0 fully saturated rings. The lowest BCUT2D eigenvalue weighted by Crippen LogP contribution is -2.05. The van der Waals surface area contributed by atoms with Crippen molar-refractivity contribution in [3.05, 3.63) is 46.5 Å². The van der Waals surface area contributed by atoms with E-state index in [9.17, 15) is 14.9 Å². The highest BCUT2D eigenvalue weighted by Crippen LogP contribution is 2.36. The standard InChI is InChI=1S/C18H14N2O4/c1-3-23-17(21)14-8-15(18(22)24-4-2)16-12(10-20)7-11(9-19)5-6-13(14)16/h5-8H,3-4H2,1-2H3. The van der Waals surface area contributed by atoms with Gasteiger partial charge in [-0.25, -0.2) is 9.59 Å². The van der Waals surface area contributed by atoms with Crippen molar-refractivity contribution in [2.45, 2.75) is 13.8 Å². The van der Waals surface area contributed by atoms with E-state index < -0.39 is 11.9 Å². The van der Waals surface area contributed by atoms with Crippen LogP contribution in [0.3, 0.4) is 0 Å². The van der Waals surface area contributed by atoms with E-state index in [4.69, 9.17) is 14.7 Å². The van der Waals surface area contributed by atoms with E-state index in [-0.39, 0.29) is 41.0 Å². The number of nitriles is 2. The molecule has 0 saturated heterocycles. The van der Waals surface area contributed by atoms with E-state index >= 15 is 0 Å². The predicted molar refractivity (Wildman–Crippen MR) is 84.4 cm³/mol. The molecule has 6 nitrogen and oxygen atoms in total. The number of rotatable bonds is 4. The summed E-state index contributed by atoms with van der Waals surface area (Å²) in [6, 6.07) is 9.69. The van der Waals surface area contributed by atoms with Gasteiger partial charge in [0.15, 0.2) is 0 Å². The minimum Gasteiger partial charge on any atom is -0.462 e. The first-order chi connectivity index (χ1) is 11.6. The zero-order valence-corrected chi connectivity index (χ0v) is 13.3. The molecule has 0 bridgehead atoms. The molecule has 0 saturated carbocycles. The van der Waals surface area contributed by atoms with Gasteiger partial charge in [0.25, 0.3) is 0 Å². The highest BCUT2D eigenvalue weighted by atomic mass is 16.5. The summed E-state index contributed by atoms with van der Waals surface area (Å²) in [4.78, 5) is 24.4. The number of hydrogen-bond donors (Lipinski definition) is 0. The Balaban J connectivity index is 2.82. The van der Waals surface area contributed by atoms with Crippen LogP contribution >= 0.6 is 0 Å². The minimum absolute atomic E-state index is 0.103. The SMILES string of the molecule is CCOC(=O)c1cc(C(=O)OCC)c2c(C#N)cc(C#N)ccc1-2. The molecular weight excluding hydrogens is 308 g/mol. The maximum atomic E-state index is 12.2. The molecule has 0 heterocycles. The van der Waals surface area contributed by atoms with Crippen LogP contribution in [-0.4, -0.2) is 25.2 Å². The van der Waals surface area contributed by atoms with Crippen molar-refractivity contribution in [3.63, 3.8) is 0 Å². The van der Waals surface area contributed by atoms with Crippen LogP contribution < -0.4 is 0 Å². The lowest BCUT2D eigenvalue weighted by atomic mass is 10.0. The number of esters is 2. The van der Waals surface area contributed by atoms with Crippen LogP contribution in [0.1, 0.15) is 45.7 Å². The van der Waals surface area contributed by atoms with Crippen LogP contribution in [0.2, 0.25) is 0 Å². The highest BCUT2D eigenvalue weighted by Gasteiger charge is 2.27. The second kappa shape index (κ2) is 7.26. The van der Waals surface area contributed by atoms with Crippen LogP contribution in [0.25, 0.3) is 11.1 Å². The molecule has 0 spiro atoms. The van der Waals surface area contributed by atoms with Gasteiger partial charge in [0, 0.05) is 5.56 Å². The topological polar surface area (TPSA) is 100 Å². The number of hydrogen-bond acceptors (Lipinski definition) is 6. The quantitative estimate of drug-likeness (QED) is 0.802. The third-order valence-electron chi connectivity index (χ3n) is 3.36. The molecule has 2 aliphatic carbocycles. The Labute approximate surface area is 139 Å². The maximum absolute atomic E-state index is 12.2. The monoisotopic (exact) mass is 322 g/mol. The summed E-state index contributed by atoms with van der Waals surface area (Å²) in [5.74, 6) is -1.24. The zero-order valence-electron chi connectivity index (χ0n) is 13.3. The number of carbonyl (C=O) groups is 2. The van der Waals surface area contributed by atoms with Crippen LogP contribution in [0, 0.1) is 22.7 Å². The van der Waals surface area contributed by atoms with Crippen molar-refractivity contribution in [1.82, 2.24) is 0 Å². The van der Waals surface area contributed by atoms with Gasteiger partial charge in [-0.2, -0.15) is 10.5 Å². The molecule has 0 amide bonds. The van der Waals surface area contributed by atoms with Crippen LogP contribution in [0.5, 0.6) is 0 Å². The molecule has 0 aromatic carbocycles. The minimum atomic E-state index is -0.640. The Bertz CT molecular complexity index is 859. The predicted octanol–water partition coefficient (Wildman–Crippen LogP) is 2.89. The van der Waals surface area contributed by atoms with E-state index in [2.05, 4.69) is 0 Å². The highest BCUT2D eigenvalue weighted by molar-refractivity contribution is 6.09. The van der Waals surface area contributed by atoms with Gasteiger partial charge in [0.05, 0.1) is 47.6 Å². The fourth-order valence-electron chi connectivity index (χ4n) is 2.39.